The zero-order chi connectivity index (χ0) is 19.2. The summed E-state index contributed by atoms with van der Waals surface area (Å²) in [7, 11) is 5.63. The molecule has 27 heavy (non-hydrogen) atoms. The van der Waals surface area contributed by atoms with E-state index in [-0.39, 0.29) is 11.9 Å². The number of carbonyl (C=O) groups excluding carboxylic acids is 1. The molecule has 5 nitrogen and oxygen atoms in total. The molecule has 0 fully saturated rings. The number of likely N-dealkylation sites (N-methyl/N-ethyl adjacent to an activating group) is 1. The molecule has 1 atom stereocenters. The van der Waals surface area contributed by atoms with E-state index in [1.165, 1.54) is 6.08 Å². The maximum atomic E-state index is 12.3. The number of rotatable bonds is 7. The molecule has 0 saturated carbocycles. The lowest BCUT2D eigenvalue weighted by Crippen LogP contribution is -2.33. The number of para-hydroxylation sites is 2. The lowest BCUT2D eigenvalue weighted by atomic mass is 10.0. The minimum atomic E-state index is -0.143. The number of carbonyl (C=O) groups is 1. The first-order valence-corrected chi connectivity index (χ1v) is 9.51. The number of benzene rings is 2. The number of nitrogens with one attached hydrogen (secondary N) is 1. The largest absolute Gasteiger partial charge is 0.496 e. The van der Waals surface area contributed by atoms with Gasteiger partial charge in [-0.25, -0.2) is 4.98 Å². The molecular formula is C21H23N3O2S. The van der Waals surface area contributed by atoms with E-state index in [0.717, 1.165) is 26.5 Å². The molecule has 1 heterocycles. The van der Waals surface area contributed by atoms with E-state index in [1.807, 2.05) is 62.6 Å². The van der Waals surface area contributed by atoms with Crippen molar-refractivity contribution in [2.75, 3.05) is 27.7 Å². The van der Waals surface area contributed by atoms with Crippen molar-refractivity contribution in [1.29, 1.82) is 0 Å². The Labute approximate surface area is 163 Å². The first-order chi connectivity index (χ1) is 13.1. The number of methoxy groups -OCH3 is 1. The summed E-state index contributed by atoms with van der Waals surface area (Å²) in [5, 5.41) is 3.79. The molecule has 0 aliphatic carbocycles. The van der Waals surface area contributed by atoms with Crippen molar-refractivity contribution < 1.29 is 9.53 Å². The maximum Gasteiger partial charge on any atom is 0.244 e. The van der Waals surface area contributed by atoms with Crippen LogP contribution in [0.2, 0.25) is 0 Å². The molecule has 1 N–H and O–H groups in total. The van der Waals surface area contributed by atoms with E-state index in [4.69, 9.17) is 4.74 Å². The Bertz CT molecular complexity index is 916. The third kappa shape index (κ3) is 4.72. The predicted molar refractivity (Wildman–Crippen MR) is 111 cm³/mol. The number of aromatic nitrogens is 1. The Morgan fingerprint density at radius 1 is 1.22 bits per heavy atom. The molecular weight excluding hydrogens is 358 g/mol. The molecule has 140 valence electrons. The van der Waals surface area contributed by atoms with Gasteiger partial charge in [-0.3, -0.25) is 4.79 Å². The van der Waals surface area contributed by atoms with E-state index >= 15 is 0 Å². The van der Waals surface area contributed by atoms with Crippen molar-refractivity contribution in [3.05, 3.63) is 65.2 Å². The summed E-state index contributed by atoms with van der Waals surface area (Å²) in [6.45, 7) is 0.483. The van der Waals surface area contributed by atoms with Crippen molar-refractivity contribution in [2.45, 2.75) is 6.04 Å². The second-order valence-corrected chi connectivity index (χ2v) is 7.38. The zero-order valence-electron chi connectivity index (χ0n) is 15.7. The molecule has 1 aromatic heterocycles. The number of ether oxygens (including phenoxy) is 1. The molecule has 0 spiro atoms. The molecule has 0 aliphatic rings. The molecule has 1 amide bonds. The van der Waals surface area contributed by atoms with Gasteiger partial charge >= 0.3 is 0 Å². The zero-order valence-corrected chi connectivity index (χ0v) is 16.5. The third-order valence-corrected chi connectivity index (χ3v) is 5.28. The van der Waals surface area contributed by atoms with Gasteiger partial charge < -0.3 is 15.0 Å². The molecule has 0 aliphatic heterocycles. The topological polar surface area (TPSA) is 54.5 Å². The van der Waals surface area contributed by atoms with E-state index in [0.29, 0.717) is 6.54 Å². The van der Waals surface area contributed by atoms with E-state index in [9.17, 15) is 4.79 Å². The molecule has 3 rings (SSSR count). The van der Waals surface area contributed by atoms with Crippen LogP contribution in [0, 0.1) is 0 Å². The Hall–Kier alpha value is -2.70. The molecule has 0 bridgehead atoms. The number of hydrogen-bond donors (Lipinski definition) is 1. The Balaban J connectivity index is 1.65. The van der Waals surface area contributed by atoms with E-state index in [2.05, 4.69) is 15.2 Å². The van der Waals surface area contributed by atoms with Gasteiger partial charge in [-0.1, -0.05) is 30.3 Å². The SMILES string of the molecule is COc1ccccc1[C@@H](CNC(=O)/C=C/c1nc2ccccc2s1)N(C)C. The van der Waals surface area contributed by atoms with Gasteiger partial charge in [0.25, 0.3) is 0 Å². The van der Waals surface area contributed by atoms with Gasteiger partial charge in [0.1, 0.15) is 10.8 Å². The van der Waals surface area contributed by atoms with Gasteiger partial charge in [-0.15, -0.1) is 11.3 Å². The standard InChI is InChI=1S/C21H23N3O2S/c1-24(2)17(15-8-4-6-10-18(15)26-3)14-22-20(25)12-13-21-23-16-9-5-7-11-19(16)27-21/h4-13,17H,14H2,1-3H3,(H,22,25)/b13-12+/t17-/m1/s1. The highest BCUT2D eigenvalue weighted by Gasteiger charge is 2.18. The summed E-state index contributed by atoms with van der Waals surface area (Å²) in [5.74, 6) is 0.673. The van der Waals surface area contributed by atoms with Crippen LogP contribution in [0.1, 0.15) is 16.6 Å². The van der Waals surface area contributed by atoms with Gasteiger partial charge in [-0.05, 0) is 38.4 Å². The molecule has 2 aromatic carbocycles. The smallest absolute Gasteiger partial charge is 0.244 e. The number of thiazole rings is 1. The summed E-state index contributed by atoms with van der Waals surface area (Å²) in [6, 6.07) is 15.8. The summed E-state index contributed by atoms with van der Waals surface area (Å²) < 4.78 is 6.57. The van der Waals surface area contributed by atoms with Crippen LogP contribution >= 0.6 is 11.3 Å². The van der Waals surface area contributed by atoms with Gasteiger partial charge in [0, 0.05) is 18.2 Å². The van der Waals surface area contributed by atoms with Crippen LogP contribution in [0.3, 0.4) is 0 Å². The lowest BCUT2D eigenvalue weighted by molar-refractivity contribution is -0.116. The fraction of sp³-hybridized carbons (Fsp3) is 0.238. The van der Waals surface area contributed by atoms with Crippen LogP contribution < -0.4 is 10.1 Å². The number of amides is 1. The Morgan fingerprint density at radius 2 is 1.96 bits per heavy atom. The highest BCUT2D eigenvalue weighted by Crippen LogP contribution is 2.27. The van der Waals surface area contributed by atoms with Crippen LogP contribution in [0.5, 0.6) is 5.75 Å². The van der Waals surface area contributed by atoms with Crippen LogP contribution in [0.25, 0.3) is 16.3 Å². The number of nitrogens with zero attached hydrogens (tertiary/aromatic N) is 2. The first kappa shape index (κ1) is 19.1. The van der Waals surface area contributed by atoms with E-state index in [1.54, 1.807) is 24.5 Å². The first-order valence-electron chi connectivity index (χ1n) is 8.69. The number of fused-ring (bicyclic) bond motifs is 1. The third-order valence-electron chi connectivity index (χ3n) is 4.28. The van der Waals surface area contributed by atoms with Gasteiger partial charge in [0.05, 0.1) is 23.4 Å². The normalized spacial score (nSPS) is 12.6. The Morgan fingerprint density at radius 3 is 2.70 bits per heavy atom. The fourth-order valence-corrected chi connectivity index (χ4v) is 3.75. The second-order valence-electron chi connectivity index (χ2n) is 6.32. The minimum Gasteiger partial charge on any atom is -0.496 e. The van der Waals surface area contributed by atoms with E-state index < -0.39 is 0 Å². The summed E-state index contributed by atoms with van der Waals surface area (Å²) in [5.41, 5.74) is 1.99. The summed E-state index contributed by atoms with van der Waals surface area (Å²) in [6.07, 6.45) is 3.29. The van der Waals surface area contributed by atoms with Crippen molar-refractivity contribution in [2.24, 2.45) is 0 Å². The van der Waals surface area contributed by atoms with Crippen LogP contribution in [-0.4, -0.2) is 43.5 Å². The van der Waals surface area contributed by atoms with Crippen LogP contribution in [-0.2, 0) is 4.79 Å². The quantitative estimate of drug-likeness (QED) is 0.634. The van der Waals surface area contributed by atoms with Crippen LogP contribution in [0.4, 0.5) is 0 Å². The van der Waals surface area contributed by atoms with Crippen LogP contribution in [0.15, 0.2) is 54.6 Å². The van der Waals surface area contributed by atoms with Gasteiger partial charge in [0.2, 0.25) is 5.91 Å². The molecule has 0 unspecified atom stereocenters. The highest BCUT2D eigenvalue weighted by atomic mass is 32.1. The molecule has 0 radical (unpaired) electrons. The van der Waals surface area contributed by atoms with Crippen molar-refractivity contribution in [3.8, 4) is 5.75 Å². The number of hydrogen-bond acceptors (Lipinski definition) is 5. The average molecular weight is 382 g/mol. The molecule has 6 heteroatoms. The maximum absolute atomic E-state index is 12.3. The van der Waals surface area contributed by atoms with Gasteiger partial charge in [0.15, 0.2) is 0 Å². The average Bonchev–Trinajstić information content (AvgIpc) is 3.09. The lowest BCUT2D eigenvalue weighted by Gasteiger charge is -2.26. The van der Waals surface area contributed by atoms with Crippen molar-refractivity contribution in [1.82, 2.24) is 15.2 Å². The minimum absolute atomic E-state index is 0.0148. The molecule has 3 aromatic rings. The monoisotopic (exact) mass is 381 g/mol. The predicted octanol–water partition coefficient (Wildman–Crippen LogP) is 3.74. The fourth-order valence-electron chi connectivity index (χ4n) is 2.88. The second kappa shape index (κ2) is 8.79. The highest BCUT2D eigenvalue weighted by molar-refractivity contribution is 7.19. The summed E-state index contributed by atoms with van der Waals surface area (Å²) in [4.78, 5) is 18.8. The van der Waals surface area contributed by atoms with Crippen molar-refractivity contribution in [3.63, 3.8) is 0 Å². The Kier molecular flexibility index (Phi) is 6.21. The van der Waals surface area contributed by atoms with Crippen molar-refractivity contribution >= 4 is 33.5 Å². The van der Waals surface area contributed by atoms with Gasteiger partial charge in [-0.2, -0.15) is 0 Å². The summed E-state index contributed by atoms with van der Waals surface area (Å²) >= 11 is 1.57. The molecule has 0 saturated heterocycles.